The van der Waals surface area contributed by atoms with Crippen LogP contribution in [0.15, 0.2) is 41.3 Å². The minimum absolute atomic E-state index is 0.126. The number of anilines is 2. The quantitative estimate of drug-likeness (QED) is 0.710. The largest absolute Gasteiger partial charge is 0.479 e. The van der Waals surface area contributed by atoms with Crippen LogP contribution < -0.4 is 15.4 Å². The lowest BCUT2D eigenvalue weighted by Gasteiger charge is -2.31. The molecule has 0 unspecified atom stereocenters. The molecule has 0 radical (unpaired) electrons. The third-order valence-corrected chi connectivity index (χ3v) is 7.95. The van der Waals surface area contributed by atoms with Gasteiger partial charge in [-0.2, -0.15) is 9.57 Å². The Hall–Kier alpha value is -3.42. The molecule has 0 aromatic heterocycles. The number of piperidine rings is 1. The smallest absolute Gasteiger partial charge is 0.265 e. The fraction of sp³-hybridized carbons (Fsp3) is 0.348. The molecule has 2 N–H and O–H groups in total. The van der Waals surface area contributed by atoms with E-state index in [1.807, 2.05) is 6.07 Å². The van der Waals surface area contributed by atoms with Crippen LogP contribution in [0, 0.1) is 24.2 Å². The number of hydrogen-bond acceptors (Lipinski definition) is 6. The molecule has 2 heterocycles. The fourth-order valence-electron chi connectivity index (χ4n) is 4.03. The summed E-state index contributed by atoms with van der Waals surface area (Å²) in [7, 11) is -3.80. The molecule has 4 rings (SSSR count). The minimum Gasteiger partial charge on any atom is -0.479 e. The summed E-state index contributed by atoms with van der Waals surface area (Å²) in [6.45, 7) is 3.69. The zero-order chi connectivity index (χ0) is 23.8. The van der Waals surface area contributed by atoms with Crippen molar-refractivity contribution >= 4 is 33.2 Å². The molecule has 1 atom stereocenters. The van der Waals surface area contributed by atoms with Crippen molar-refractivity contribution in [3.63, 3.8) is 0 Å². The predicted molar refractivity (Wildman–Crippen MR) is 121 cm³/mol. The first-order chi connectivity index (χ1) is 15.7. The maximum Gasteiger partial charge on any atom is 0.265 e. The molecule has 0 bridgehead atoms. The van der Waals surface area contributed by atoms with Gasteiger partial charge >= 0.3 is 0 Å². The minimum atomic E-state index is -3.80. The Labute approximate surface area is 192 Å². The van der Waals surface area contributed by atoms with E-state index in [0.717, 1.165) is 0 Å². The number of rotatable bonds is 4. The average Bonchev–Trinajstić information content (AvgIpc) is 2.80. The summed E-state index contributed by atoms with van der Waals surface area (Å²) >= 11 is 0. The number of fused-ring (bicyclic) bond motifs is 1. The number of carbonyl (C=O) groups excluding carboxylic acids is 2. The number of ether oxygens (including phenoxy) is 1. The van der Waals surface area contributed by atoms with E-state index >= 15 is 0 Å². The van der Waals surface area contributed by atoms with E-state index in [4.69, 9.17) is 10.00 Å². The van der Waals surface area contributed by atoms with Crippen molar-refractivity contribution in [3.8, 4) is 11.8 Å². The number of hydrogen-bond donors (Lipinski definition) is 2. The van der Waals surface area contributed by atoms with Crippen molar-refractivity contribution in [2.45, 2.75) is 37.7 Å². The van der Waals surface area contributed by atoms with Crippen LogP contribution in [0.4, 0.5) is 11.4 Å². The van der Waals surface area contributed by atoms with Crippen molar-refractivity contribution in [2.24, 2.45) is 5.92 Å². The molecule has 0 spiro atoms. The van der Waals surface area contributed by atoms with E-state index in [-0.39, 0.29) is 35.7 Å². The highest BCUT2D eigenvalue weighted by Crippen LogP contribution is 2.36. The van der Waals surface area contributed by atoms with Gasteiger partial charge in [0, 0.05) is 30.8 Å². The van der Waals surface area contributed by atoms with E-state index in [9.17, 15) is 18.0 Å². The van der Waals surface area contributed by atoms with Crippen molar-refractivity contribution in [1.29, 1.82) is 5.26 Å². The number of aryl methyl sites for hydroxylation is 1. The highest BCUT2D eigenvalue weighted by Gasteiger charge is 2.34. The second-order valence-electron chi connectivity index (χ2n) is 8.22. The highest BCUT2D eigenvalue weighted by atomic mass is 32.2. The van der Waals surface area contributed by atoms with E-state index in [1.54, 1.807) is 44.2 Å². The fourth-order valence-corrected chi connectivity index (χ4v) is 5.72. The Morgan fingerprint density at radius 2 is 1.97 bits per heavy atom. The molecule has 2 aromatic carbocycles. The summed E-state index contributed by atoms with van der Waals surface area (Å²) in [4.78, 5) is 24.6. The Morgan fingerprint density at radius 1 is 1.24 bits per heavy atom. The molecule has 10 heteroatoms. The lowest BCUT2D eigenvalue weighted by Crippen LogP contribution is -2.41. The van der Waals surface area contributed by atoms with Crippen LogP contribution in [0.2, 0.25) is 0 Å². The summed E-state index contributed by atoms with van der Waals surface area (Å²) in [5.74, 6) is -0.478. The Balaban J connectivity index is 1.45. The summed E-state index contributed by atoms with van der Waals surface area (Å²) in [6, 6.07) is 11.7. The monoisotopic (exact) mass is 468 g/mol. The topological polar surface area (TPSA) is 129 Å². The number of sulfonamides is 1. The van der Waals surface area contributed by atoms with Gasteiger partial charge in [0.1, 0.15) is 5.75 Å². The maximum atomic E-state index is 13.3. The first-order valence-electron chi connectivity index (χ1n) is 10.6. The lowest BCUT2D eigenvalue weighted by atomic mass is 9.97. The van der Waals surface area contributed by atoms with E-state index in [1.165, 1.54) is 10.4 Å². The first kappa shape index (κ1) is 22.8. The van der Waals surface area contributed by atoms with E-state index in [2.05, 4.69) is 10.6 Å². The maximum absolute atomic E-state index is 13.3. The van der Waals surface area contributed by atoms with Crippen molar-refractivity contribution in [2.75, 3.05) is 23.7 Å². The van der Waals surface area contributed by atoms with Gasteiger partial charge in [-0.25, -0.2) is 8.42 Å². The van der Waals surface area contributed by atoms with Gasteiger partial charge in [0.2, 0.25) is 15.9 Å². The highest BCUT2D eigenvalue weighted by molar-refractivity contribution is 7.89. The molecule has 2 aliphatic heterocycles. The molecule has 0 saturated carbocycles. The number of carbonyl (C=O) groups is 2. The SMILES string of the molecule is Cc1cc2c(cc1S(=O)(=O)N1CCC(C(=O)Nc3cccc(C#N)c3)CC1)O[C@H](C)C(=O)N2. The number of nitrogens with zero attached hydrogens (tertiary/aromatic N) is 2. The van der Waals surface area contributed by atoms with Crippen LogP contribution in [-0.2, 0) is 19.6 Å². The van der Waals surface area contributed by atoms with Gasteiger partial charge in [0.25, 0.3) is 5.91 Å². The predicted octanol–water partition coefficient (Wildman–Crippen LogP) is 2.63. The Kier molecular flexibility index (Phi) is 6.10. The summed E-state index contributed by atoms with van der Waals surface area (Å²) in [6.07, 6.45) is 0.0616. The van der Waals surface area contributed by atoms with Gasteiger partial charge in [-0.15, -0.1) is 0 Å². The third kappa shape index (κ3) is 4.55. The molecule has 2 aliphatic rings. The van der Waals surface area contributed by atoms with E-state index < -0.39 is 16.1 Å². The van der Waals surface area contributed by atoms with Crippen molar-refractivity contribution < 1.29 is 22.7 Å². The zero-order valence-electron chi connectivity index (χ0n) is 18.3. The molecule has 2 amide bonds. The van der Waals surface area contributed by atoms with Gasteiger partial charge in [-0.3, -0.25) is 9.59 Å². The zero-order valence-corrected chi connectivity index (χ0v) is 19.1. The van der Waals surface area contributed by atoms with Crippen molar-refractivity contribution in [3.05, 3.63) is 47.5 Å². The molecule has 33 heavy (non-hydrogen) atoms. The average molecular weight is 469 g/mol. The Bertz CT molecular complexity index is 1260. The molecule has 2 aromatic rings. The molecule has 172 valence electrons. The summed E-state index contributed by atoms with van der Waals surface area (Å²) < 4.78 is 33.6. The molecular weight excluding hydrogens is 444 g/mol. The van der Waals surface area contributed by atoms with Crippen LogP contribution in [-0.4, -0.2) is 43.7 Å². The van der Waals surface area contributed by atoms with Gasteiger partial charge < -0.3 is 15.4 Å². The second-order valence-corrected chi connectivity index (χ2v) is 10.1. The van der Waals surface area contributed by atoms with Gasteiger partial charge in [0.05, 0.1) is 22.2 Å². The van der Waals surface area contributed by atoms with Crippen LogP contribution in [0.3, 0.4) is 0 Å². The molecular formula is C23H24N4O5S. The normalized spacial score (nSPS) is 19.1. The number of benzene rings is 2. The van der Waals surface area contributed by atoms with Gasteiger partial charge in [-0.1, -0.05) is 6.07 Å². The molecule has 0 aliphatic carbocycles. The second kappa shape index (κ2) is 8.84. The van der Waals surface area contributed by atoms with Crippen LogP contribution in [0.1, 0.15) is 30.9 Å². The summed E-state index contributed by atoms with van der Waals surface area (Å²) in [5.41, 5.74) is 1.95. The Morgan fingerprint density at radius 3 is 2.67 bits per heavy atom. The molecule has 9 nitrogen and oxygen atoms in total. The van der Waals surface area contributed by atoms with E-state index in [0.29, 0.717) is 41.1 Å². The summed E-state index contributed by atoms with van der Waals surface area (Å²) in [5, 5.41) is 14.5. The lowest BCUT2D eigenvalue weighted by molar-refractivity contribution is -0.123. The number of amides is 2. The molecule has 1 saturated heterocycles. The van der Waals surface area contributed by atoms with Crippen LogP contribution in [0.5, 0.6) is 5.75 Å². The number of nitriles is 1. The third-order valence-electron chi connectivity index (χ3n) is 5.91. The van der Waals surface area contributed by atoms with Crippen molar-refractivity contribution in [1.82, 2.24) is 4.31 Å². The van der Waals surface area contributed by atoms with Crippen LogP contribution >= 0.6 is 0 Å². The van der Waals surface area contributed by atoms with Gasteiger partial charge in [-0.05, 0) is 56.5 Å². The molecule has 1 fully saturated rings. The first-order valence-corrected chi connectivity index (χ1v) is 12.1. The van der Waals surface area contributed by atoms with Gasteiger partial charge in [0.15, 0.2) is 6.10 Å². The number of nitrogens with one attached hydrogen (secondary N) is 2. The van der Waals surface area contributed by atoms with Crippen LogP contribution in [0.25, 0.3) is 0 Å². The standard InChI is InChI=1S/C23H24N4O5S/c1-14-10-19-20(32-15(2)22(28)26-19)12-21(14)33(30,31)27-8-6-17(7-9-27)23(29)25-18-5-3-4-16(11-18)13-24/h3-5,10-12,15,17H,6-9H2,1-2H3,(H,25,29)(H,26,28)/t15-/m1/s1.